The van der Waals surface area contributed by atoms with Gasteiger partial charge in [-0.15, -0.1) is 10.2 Å². The first-order valence-corrected chi connectivity index (χ1v) is 9.49. The van der Waals surface area contributed by atoms with Crippen molar-refractivity contribution in [2.24, 2.45) is 0 Å². The number of halogens is 4. The van der Waals surface area contributed by atoms with Crippen LogP contribution in [0.5, 0.6) is 0 Å². The van der Waals surface area contributed by atoms with Crippen molar-refractivity contribution >= 4 is 23.2 Å². The largest absolute Gasteiger partial charge is 0.319 e. The second-order valence-corrected chi connectivity index (χ2v) is 7.20. The lowest BCUT2D eigenvalue weighted by Crippen LogP contribution is -2.14. The van der Waals surface area contributed by atoms with Crippen molar-refractivity contribution in [2.45, 2.75) is 32.2 Å². The Morgan fingerprint density at radius 1 is 1.00 bits per heavy atom. The highest BCUT2D eigenvalue weighted by Crippen LogP contribution is 2.28. The Morgan fingerprint density at radius 2 is 1.79 bits per heavy atom. The molecule has 1 amide bonds. The van der Waals surface area contributed by atoms with Crippen LogP contribution in [0.25, 0.3) is 11.4 Å². The number of rotatable bonds is 3. The van der Waals surface area contributed by atoms with Gasteiger partial charge in [-0.05, 0) is 43.2 Å². The number of fused-ring (bicyclic) bond motifs is 1. The van der Waals surface area contributed by atoms with Crippen LogP contribution in [-0.4, -0.2) is 20.7 Å². The zero-order valence-electron chi connectivity index (χ0n) is 15.2. The minimum Gasteiger partial charge on any atom is -0.319 e. The Hall–Kier alpha value is -2.87. The maximum atomic E-state index is 14.3. The number of nitrogens with zero attached hydrogens (tertiary/aromatic N) is 3. The van der Waals surface area contributed by atoms with Gasteiger partial charge in [0.05, 0.1) is 16.3 Å². The number of carbonyl (C=O) groups excluding carboxylic acids is 1. The van der Waals surface area contributed by atoms with E-state index in [0.29, 0.717) is 23.5 Å². The molecule has 2 aromatic carbocycles. The molecule has 0 saturated heterocycles. The molecule has 0 fully saturated rings. The molecule has 0 aliphatic carbocycles. The zero-order valence-corrected chi connectivity index (χ0v) is 15.9. The molecule has 0 radical (unpaired) electrons. The summed E-state index contributed by atoms with van der Waals surface area (Å²) in [6, 6.07) is 5.56. The van der Waals surface area contributed by atoms with Crippen LogP contribution in [0.3, 0.4) is 0 Å². The van der Waals surface area contributed by atoms with E-state index in [-0.39, 0.29) is 16.3 Å². The SMILES string of the molecule is O=C(Nc1cc(-c2nnc3n2CCCCC3)ccc1F)c1cc(F)c(F)cc1Cl. The van der Waals surface area contributed by atoms with Gasteiger partial charge in [-0.1, -0.05) is 18.0 Å². The number of aryl methyl sites for hydroxylation is 1. The van der Waals surface area contributed by atoms with Crippen LogP contribution in [0.2, 0.25) is 5.02 Å². The zero-order chi connectivity index (χ0) is 20.5. The predicted molar refractivity (Wildman–Crippen MR) is 102 cm³/mol. The van der Waals surface area contributed by atoms with Crippen molar-refractivity contribution in [1.82, 2.24) is 14.8 Å². The summed E-state index contributed by atoms with van der Waals surface area (Å²) < 4.78 is 43.0. The summed E-state index contributed by atoms with van der Waals surface area (Å²) in [4.78, 5) is 12.4. The van der Waals surface area contributed by atoms with Gasteiger partial charge >= 0.3 is 0 Å². The number of aromatic nitrogens is 3. The molecule has 0 unspecified atom stereocenters. The van der Waals surface area contributed by atoms with E-state index in [1.165, 1.54) is 12.1 Å². The summed E-state index contributed by atoms with van der Waals surface area (Å²) in [6.07, 6.45) is 3.96. The average Bonchev–Trinajstić information content (AvgIpc) is 2.94. The highest BCUT2D eigenvalue weighted by atomic mass is 35.5. The number of carbonyl (C=O) groups is 1. The Labute approximate surface area is 169 Å². The maximum absolute atomic E-state index is 14.3. The summed E-state index contributed by atoms with van der Waals surface area (Å²) >= 11 is 5.83. The molecule has 9 heteroatoms. The van der Waals surface area contributed by atoms with Crippen molar-refractivity contribution in [3.63, 3.8) is 0 Å². The summed E-state index contributed by atoms with van der Waals surface area (Å²) in [6.45, 7) is 0.765. The summed E-state index contributed by atoms with van der Waals surface area (Å²) in [7, 11) is 0. The highest BCUT2D eigenvalue weighted by Gasteiger charge is 2.19. The molecule has 3 aromatic rings. The first kappa shape index (κ1) is 19.4. The second-order valence-electron chi connectivity index (χ2n) is 6.80. The quantitative estimate of drug-likeness (QED) is 0.607. The smallest absolute Gasteiger partial charge is 0.257 e. The normalized spacial score (nSPS) is 13.7. The van der Waals surface area contributed by atoms with E-state index >= 15 is 0 Å². The molecule has 0 bridgehead atoms. The van der Waals surface area contributed by atoms with Crippen LogP contribution in [0.1, 0.15) is 35.4 Å². The van der Waals surface area contributed by atoms with Crippen molar-refractivity contribution < 1.29 is 18.0 Å². The van der Waals surface area contributed by atoms with Crippen LogP contribution >= 0.6 is 11.6 Å². The molecule has 0 atom stereocenters. The van der Waals surface area contributed by atoms with Gasteiger partial charge in [-0.3, -0.25) is 4.79 Å². The second kappa shape index (κ2) is 7.87. The number of hydrogen-bond acceptors (Lipinski definition) is 3. The Kier molecular flexibility index (Phi) is 5.27. The van der Waals surface area contributed by atoms with E-state index in [9.17, 15) is 18.0 Å². The monoisotopic (exact) mass is 420 g/mol. The van der Waals surface area contributed by atoms with Crippen LogP contribution in [0, 0.1) is 17.5 Å². The van der Waals surface area contributed by atoms with Crippen molar-refractivity contribution in [1.29, 1.82) is 0 Å². The third-order valence-electron chi connectivity index (χ3n) is 4.84. The summed E-state index contributed by atoms with van der Waals surface area (Å²) in [5, 5.41) is 10.5. The van der Waals surface area contributed by atoms with Gasteiger partial charge in [0.25, 0.3) is 5.91 Å². The minimum absolute atomic E-state index is 0.126. The lowest BCUT2D eigenvalue weighted by atomic mass is 10.1. The molecule has 0 spiro atoms. The summed E-state index contributed by atoms with van der Waals surface area (Å²) in [5.41, 5.74) is 0.157. The Bertz CT molecular complexity index is 1100. The molecular weight excluding hydrogens is 405 g/mol. The van der Waals surface area contributed by atoms with Crippen molar-refractivity contribution in [2.75, 3.05) is 5.32 Å². The fourth-order valence-corrected chi connectivity index (χ4v) is 3.58. The van der Waals surface area contributed by atoms with Crippen LogP contribution < -0.4 is 5.32 Å². The number of anilines is 1. The van der Waals surface area contributed by atoms with E-state index < -0.39 is 23.4 Å². The average molecular weight is 421 g/mol. The Morgan fingerprint density at radius 3 is 2.62 bits per heavy atom. The topological polar surface area (TPSA) is 59.8 Å². The molecule has 150 valence electrons. The number of amides is 1. The summed E-state index contributed by atoms with van der Waals surface area (Å²) in [5.74, 6) is -2.47. The van der Waals surface area contributed by atoms with Gasteiger partial charge in [-0.2, -0.15) is 0 Å². The lowest BCUT2D eigenvalue weighted by molar-refractivity contribution is 0.102. The van der Waals surface area contributed by atoms with Crippen LogP contribution in [-0.2, 0) is 13.0 Å². The predicted octanol–water partition coefficient (Wildman–Crippen LogP) is 4.99. The van der Waals surface area contributed by atoms with Gasteiger partial charge in [0, 0.05) is 18.5 Å². The van der Waals surface area contributed by atoms with E-state index in [4.69, 9.17) is 11.6 Å². The molecule has 1 aliphatic heterocycles. The van der Waals surface area contributed by atoms with E-state index in [1.807, 2.05) is 4.57 Å². The molecule has 1 N–H and O–H groups in total. The third kappa shape index (κ3) is 3.85. The fraction of sp³-hybridized carbons (Fsp3) is 0.250. The molecule has 1 aromatic heterocycles. The first-order valence-electron chi connectivity index (χ1n) is 9.12. The molecule has 0 saturated carbocycles. The highest BCUT2D eigenvalue weighted by molar-refractivity contribution is 6.34. The van der Waals surface area contributed by atoms with E-state index in [0.717, 1.165) is 38.1 Å². The number of benzene rings is 2. The maximum Gasteiger partial charge on any atom is 0.257 e. The standard InChI is InChI=1S/C20H16ClF3N4O/c21-13-10-16(24)15(23)9-12(13)20(29)25-17-8-11(5-6-14(17)22)19-27-26-18-4-2-1-3-7-28(18)19/h5-6,8-10H,1-4,7H2,(H,25,29). The van der Waals surface area contributed by atoms with Gasteiger partial charge in [0.1, 0.15) is 11.6 Å². The third-order valence-corrected chi connectivity index (χ3v) is 5.15. The van der Waals surface area contributed by atoms with Crippen LogP contribution in [0.15, 0.2) is 30.3 Å². The Balaban J connectivity index is 1.66. The number of hydrogen-bond donors (Lipinski definition) is 1. The molecule has 4 rings (SSSR count). The van der Waals surface area contributed by atoms with Gasteiger partial charge < -0.3 is 9.88 Å². The van der Waals surface area contributed by atoms with E-state index in [2.05, 4.69) is 15.5 Å². The molecule has 1 aliphatic rings. The lowest BCUT2D eigenvalue weighted by Gasteiger charge is -2.11. The minimum atomic E-state index is -1.22. The fourth-order valence-electron chi connectivity index (χ4n) is 3.34. The van der Waals surface area contributed by atoms with Crippen molar-refractivity contribution in [3.8, 4) is 11.4 Å². The van der Waals surface area contributed by atoms with Gasteiger partial charge in [-0.25, -0.2) is 13.2 Å². The van der Waals surface area contributed by atoms with E-state index in [1.54, 1.807) is 6.07 Å². The number of nitrogens with one attached hydrogen (secondary N) is 1. The van der Waals surface area contributed by atoms with Crippen molar-refractivity contribution in [3.05, 3.63) is 64.2 Å². The first-order chi connectivity index (χ1) is 13.9. The van der Waals surface area contributed by atoms with Gasteiger partial charge in [0.2, 0.25) is 0 Å². The van der Waals surface area contributed by atoms with Crippen LogP contribution in [0.4, 0.5) is 18.9 Å². The molecule has 2 heterocycles. The van der Waals surface area contributed by atoms with Gasteiger partial charge in [0.15, 0.2) is 17.5 Å². The molecular formula is C20H16ClF3N4O. The molecule has 5 nitrogen and oxygen atoms in total. The molecule has 29 heavy (non-hydrogen) atoms.